The molecule has 0 radical (unpaired) electrons. The van der Waals surface area contributed by atoms with Gasteiger partial charge in [-0.3, -0.25) is 4.79 Å². The van der Waals surface area contributed by atoms with Crippen LogP contribution >= 0.6 is 0 Å². The SMILES string of the molecule is CC(C)(C)NS(=O)(=O)c1cccc(NC(=O)Cc2ccc(-n3cnnn3)cc2)c1. The van der Waals surface area contributed by atoms with Gasteiger partial charge in [-0.2, -0.15) is 0 Å². The van der Waals surface area contributed by atoms with Gasteiger partial charge in [0.1, 0.15) is 6.33 Å². The molecule has 152 valence electrons. The van der Waals surface area contributed by atoms with Crippen LogP contribution in [0.15, 0.2) is 59.8 Å². The van der Waals surface area contributed by atoms with Crippen molar-refractivity contribution < 1.29 is 13.2 Å². The first-order valence-electron chi connectivity index (χ1n) is 8.89. The van der Waals surface area contributed by atoms with Gasteiger partial charge < -0.3 is 5.32 Å². The van der Waals surface area contributed by atoms with E-state index < -0.39 is 15.6 Å². The minimum absolute atomic E-state index is 0.0935. The number of hydrogen-bond donors (Lipinski definition) is 2. The first-order valence-corrected chi connectivity index (χ1v) is 10.4. The lowest BCUT2D eigenvalue weighted by Gasteiger charge is -2.20. The third-order valence-electron chi connectivity index (χ3n) is 3.78. The summed E-state index contributed by atoms with van der Waals surface area (Å²) in [5.41, 5.74) is 1.39. The molecule has 0 bridgehead atoms. The summed E-state index contributed by atoms with van der Waals surface area (Å²) in [6.45, 7) is 5.29. The molecule has 1 heterocycles. The highest BCUT2D eigenvalue weighted by Crippen LogP contribution is 2.18. The fourth-order valence-corrected chi connectivity index (χ4v) is 4.10. The minimum atomic E-state index is -3.68. The molecule has 0 aliphatic carbocycles. The second-order valence-corrected chi connectivity index (χ2v) is 9.21. The fraction of sp³-hybridized carbons (Fsp3) is 0.263. The molecule has 3 aromatic rings. The number of aromatic nitrogens is 4. The summed E-state index contributed by atoms with van der Waals surface area (Å²) in [5, 5.41) is 13.7. The molecule has 0 saturated carbocycles. The highest BCUT2D eigenvalue weighted by Gasteiger charge is 2.22. The Kier molecular flexibility index (Phi) is 5.76. The lowest BCUT2D eigenvalue weighted by atomic mass is 10.1. The summed E-state index contributed by atoms with van der Waals surface area (Å²) in [6.07, 6.45) is 1.63. The van der Waals surface area contributed by atoms with Crippen molar-refractivity contribution in [3.05, 3.63) is 60.4 Å². The summed E-state index contributed by atoms with van der Waals surface area (Å²) in [5.74, 6) is -0.251. The zero-order chi connectivity index (χ0) is 21.1. The van der Waals surface area contributed by atoms with E-state index in [9.17, 15) is 13.2 Å². The molecule has 0 fully saturated rings. The first-order chi connectivity index (χ1) is 13.6. The van der Waals surface area contributed by atoms with Crippen LogP contribution in [0.2, 0.25) is 0 Å². The predicted octanol–water partition coefficient (Wildman–Crippen LogP) is 1.92. The van der Waals surface area contributed by atoms with Crippen LogP contribution in [0, 0.1) is 0 Å². The number of tetrazole rings is 1. The molecule has 2 N–H and O–H groups in total. The van der Waals surface area contributed by atoms with Gasteiger partial charge in [0.2, 0.25) is 15.9 Å². The summed E-state index contributed by atoms with van der Waals surface area (Å²) in [6, 6.07) is 13.4. The van der Waals surface area contributed by atoms with E-state index in [0.717, 1.165) is 11.3 Å². The van der Waals surface area contributed by atoms with Gasteiger partial charge >= 0.3 is 0 Å². The molecular weight excluding hydrogens is 392 g/mol. The second kappa shape index (κ2) is 8.10. The van der Waals surface area contributed by atoms with E-state index in [4.69, 9.17) is 0 Å². The van der Waals surface area contributed by atoms with E-state index in [1.165, 1.54) is 23.1 Å². The van der Waals surface area contributed by atoms with Crippen LogP contribution in [0.25, 0.3) is 5.69 Å². The molecule has 0 aliphatic rings. The van der Waals surface area contributed by atoms with Crippen LogP contribution in [0.5, 0.6) is 0 Å². The smallest absolute Gasteiger partial charge is 0.241 e. The maximum Gasteiger partial charge on any atom is 0.241 e. The number of carbonyl (C=O) groups excluding carboxylic acids is 1. The molecule has 2 aromatic carbocycles. The van der Waals surface area contributed by atoms with Crippen molar-refractivity contribution in [2.45, 2.75) is 37.6 Å². The van der Waals surface area contributed by atoms with E-state index in [-0.39, 0.29) is 17.2 Å². The van der Waals surface area contributed by atoms with E-state index >= 15 is 0 Å². The maximum absolute atomic E-state index is 12.5. The van der Waals surface area contributed by atoms with Gasteiger partial charge in [-0.25, -0.2) is 17.8 Å². The van der Waals surface area contributed by atoms with Crippen LogP contribution < -0.4 is 10.0 Å². The van der Waals surface area contributed by atoms with Crippen molar-refractivity contribution in [3.8, 4) is 5.69 Å². The van der Waals surface area contributed by atoms with Crippen molar-refractivity contribution in [2.24, 2.45) is 0 Å². The molecule has 0 saturated heterocycles. The number of anilines is 1. The summed E-state index contributed by atoms with van der Waals surface area (Å²) < 4.78 is 29.0. The van der Waals surface area contributed by atoms with Crippen molar-refractivity contribution in [2.75, 3.05) is 5.32 Å². The molecular formula is C19H22N6O3S. The van der Waals surface area contributed by atoms with E-state index in [0.29, 0.717) is 5.69 Å². The Morgan fingerprint density at radius 3 is 2.45 bits per heavy atom. The van der Waals surface area contributed by atoms with Crippen LogP contribution in [0.3, 0.4) is 0 Å². The number of sulfonamides is 1. The molecule has 0 aliphatic heterocycles. The normalized spacial score (nSPS) is 12.0. The van der Waals surface area contributed by atoms with Gasteiger partial charge in [0, 0.05) is 11.2 Å². The number of carbonyl (C=O) groups is 1. The van der Waals surface area contributed by atoms with Gasteiger partial charge in [0.15, 0.2) is 0 Å². The number of hydrogen-bond acceptors (Lipinski definition) is 6. The van der Waals surface area contributed by atoms with Crippen LogP contribution in [-0.4, -0.2) is 40.1 Å². The Hall–Kier alpha value is -3.11. The van der Waals surface area contributed by atoms with E-state index in [1.54, 1.807) is 32.9 Å². The number of amides is 1. The first kappa shape index (κ1) is 20.6. The van der Waals surface area contributed by atoms with Crippen molar-refractivity contribution >= 4 is 21.6 Å². The van der Waals surface area contributed by atoms with E-state index in [2.05, 4.69) is 25.6 Å². The topological polar surface area (TPSA) is 119 Å². The van der Waals surface area contributed by atoms with Crippen molar-refractivity contribution in [3.63, 3.8) is 0 Å². The standard InChI is InChI=1S/C19H22N6O3S/c1-19(2,3)22-29(27,28)17-6-4-5-15(12-17)21-18(26)11-14-7-9-16(10-8-14)25-13-20-23-24-25/h4-10,12-13,22H,11H2,1-3H3,(H,21,26). The monoisotopic (exact) mass is 414 g/mol. The third-order valence-corrected chi connectivity index (χ3v) is 5.54. The Labute approximate surface area is 169 Å². The van der Waals surface area contributed by atoms with Crippen LogP contribution in [0.4, 0.5) is 5.69 Å². The summed E-state index contributed by atoms with van der Waals surface area (Å²) >= 11 is 0. The maximum atomic E-state index is 12.5. The zero-order valence-electron chi connectivity index (χ0n) is 16.3. The molecule has 0 atom stereocenters. The molecule has 1 aromatic heterocycles. The molecule has 9 nitrogen and oxygen atoms in total. The number of nitrogens with one attached hydrogen (secondary N) is 2. The number of benzene rings is 2. The minimum Gasteiger partial charge on any atom is -0.326 e. The third kappa shape index (κ3) is 5.69. The van der Waals surface area contributed by atoms with Gasteiger partial charge in [-0.1, -0.05) is 18.2 Å². The van der Waals surface area contributed by atoms with Gasteiger partial charge in [0.25, 0.3) is 0 Å². The van der Waals surface area contributed by atoms with Gasteiger partial charge in [0.05, 0.1) is 17.0 Å². The zero-order valence-corrected chi connectivity index (χ0v) is 17.1. The molecule has 0 spiro atoms. The lowest BCUT2D eigenvalue weighted by Crippen LogP contribution is -2.40. The van der Waals surface area contributed by atoms with Crippen LogP contribution in [0.1, 0.15) is 26.3 Å². The largest absolute Gasteiger partial charge is 0.326 e. The lowest BCUT2D eigenvalue weighted by molar-refractivity contribution is -0.115. The quantitative estimate of drug-likeness (QED) is 0.636. The Morgan fingerprint density at radius 1 is 1.10 bits per heavy atom. The molecule has 0 unspecified atom stereocenters. The highest BCUT2D eigenvalue weighted by molar-refractivity contribution is 7.89. The molecule has 1 amide bonds. The molecule has 3 rings (SSSR count). The van der Waals surface area contributed by atoms with Gasteiger partial charge in [-0.05, 0) is 67.1 Å². The number of nitrogens with zero attached hydrogens (tertiary/aromatic N) is 4. The average molecular weight is 414 g/mol. The highest BCUT2D eigenvalue weighted by atomic mass is 32.2. The fourth-order valence-electron chi connectivity index (χ4n) is 2.64. The molecule has 10 heteroatoms. The summed E-state index contributed by atoms with van der Waals surface area (Å²) in [7, 11) is -3.68. The molecule has 29 heavy (non-hydrogen) atoms. The predicted molar refractivity (Wildman–Crippen MR) is 108 cm³/mol. The van der Waals surface area contributed by atoms with E-state index in [1.807, 2.05) is 24.3 Å². The Bertz CT molecular complexity index is 1090. The second-order valence-electron chi connectivity index (χ2n) is 7.53. The summed E-state index contributed by atoms with van der Waals surface area (Å²) in [4.78, 5) is 12.5. The van der Waals surface area contributed by atoms with Crippen LogP contribution in [-0.2, 0) is 21.2 Å². The van der Waals surface area contributed by atoms with Crippen molar-refractivity contribution in [1.82, 2.24) is 24.9 Å². The van der Waals surface area contributed by atoms with Gasteiger partial charge in [-0.15, -0.1) is 5.10 Å². The number of rotatable bonds is 6. The Morgan fingerprint density at radius 2 is 1.83 bits per heavy atom. The van der Waals surface area contributed by atoms with Crippen molar-refractivity contribution in [1.29, 1.82) is 0 Å². The Balaban J connectivity index is 1.67. The average Bonchev–Trinajstić information content (AvgIpc) is 3.15.